The molecule has 3 rings (SSSR count). The van der Waals surface area contributed by atoms with Crippen LogP contribution in [0.25, 0.3) is 0 Å². The molecule has 8 heteroatoms. The summed E-state index contributed by atoms with van der Waals surface area (Å²) >= 11 is 0. The van der Waals surface area contributed by atoms with Gasteiger partial charge < -0.3 is 20.3 Å². The van der Waals surface area contributed by atoms with E-state index >= 15 is 0 Å². The van der Waals surface area contributed by atoms with Gasteiger partial charge in [-0.25, -0.2) is 5.01 Å². The smallest absolute Gasteiger partial charge is 0.240 e. The average molecular weight is 440 g/mol. The van der Waals surface area contributed by atoms with Crippen molar-refractivity contribution in [3.8, 4) is 17.2 Å². The van der Waals surface area contributed by atoms with Gasteiger partial charge in [-0.1, -0.05) is 19.9 Å². The molecule has 2 amide bonds. The maximum atomic E-state index is 12.7. The number of hydrogen-bond acceptors (Lipinski definition) is 6. The maximum Gasteiger partial charge on any atom is 0.240 e. The van der Waals surface area contributed by atoms with Crippen molar-refractivity contribution in [2.75, 3.05) is 12.4 Å². The molecule has 1 aliphatic rings. The number of amides is 2. The highest BCUT2D eigenvalue weighted by atomic mass is 16.5. The Labute approximate surface area is 187 Å². The van der Waals surface area contributed by atoms with Gasteiger partial charge in [0.1, 0.15) is 5.75 Å². The minimum absolute atomic E-state index is 0.0246. The molecule has 0 spiro atoms. The molecule has 0 saturated heterocycles. The number of aryl methyl sites for hydroxylation is 1. The number of phenols is 2. The van der Waals surface area contributed by atoms with Crippen LogP contribution in [0.1, 0.15) is 62.3 Å². The number of carbonyl (C=O) groups excluding carboxylic acids is 2. The monoisotopic (exact) mass is 439 g/mol. The summed E-state index contributed by atoms with van der Waals surface area (Å²) < 4.78 is 5.08. The number of hydrazone groups is 1. The van der Waals surface area contributed by atoms with Crippen molar-refractivity contribution in [2.24, 2.45) is 5.10 Å². The molecule has 170 valence electrons. The third-order valence-corrected chi connectivity index (χ3v) is 5.52. The van der Waals surface area contributed by atoms with Crippen molar-refractivity contribution in [1.82, 2.24) is 5.01 Å². The van der Waals surface area contributed by atoms with Gasteiger partial charge in [0.25, 0.3) is 0 Å². The molecule has 1 atom stereocenters. The van der Waals surface area contributed by atoms with Crippen LogP contribution < -0.4 is 10.1 Å². The maximum absolute atomic E-state index is 12.7. The van der Waals surface area contributed by atoms with Crippen molar-refractivity contribution in [3.63, 3.8) is 0 Å². The largest absolute Gasteiger partial charge is 0.508 e. The predicted octanol–water partition coefficient (Wildman–Crippen LogP) is 4.22. The van der Waals surface area contributed by atoms with Gasteiger partial charge in [0.05, 0.1) is 25.3 Å². The van der Waals surface area contributed by atoms with Crippen molar-refractivity contribution in [1.29, 1.82) is 0 Å². The van der Waals surface area contributed by atoms with Crippen LogP contribution in [0.3, 0.4) is 0 Å². The molecule has 32 heavy (non-hydrogen) atoms. The molecule has 0 aliphatic carbocycles. The van der Waals surface area contributed by atoms with Crippen LogP contribution in [0.5, 0.6) is 17.2 Å². The minimum atomic E-state index is -0.407. The third-order valence-electron chi connectivity index (χ3n) is 5.52. The van der Waals surface area contributed by atoms with Gasteiger partial charge in [-0.05, 0) is 53.8 Å². The summed E-state index contributed by atoms with van der Waals surface area (Å²) in [5.74, 6) is 0.121. The summed E-state index contributed by atoms with van der Waals surface area (Å²) in [6, 6.07) is 7.97. The number of nitrogens with one attached hydrogen (secondary N) is 1. The fraction of sp³-hybridized carbons (Fsp3) is 0.375. The summed E-state index contributed by atoms with van der Waals surface area (Å²) in [6.45, 7) is 7.17. The normalized spacial score (nSPS) is 15.6. The first-order chi connectivity index (χ1) is 15.1. The third kappa shape index (κ3) is 4.85. The number of ether oxygens (including phenoxy) is 1. The zero-order chi connectivity index (χ0) is 23.6. The fourth-order valence-electron chi connectivity index (χ4n) is 3.83. The van der Waals surface area contributed by atoms with Gasteiger partial charge in [0.15, 0.2) is 11.5 Å². The number of rotatable bonds is 6. The van der Waals surface area contributed by atoms with E-state index < -0.39 is 6.04 Å². The van der Waals surface area contributed by atoms with E-state index in [0.717, 1.165) is 11.1 Å². The van der Waals surface area contributed by atoms with E-state index in [1.165, 1.54) is 19.0 Å². The SMILES string of the molecule is COc1ccc(C2CC(CC(=O)Nc3cc(C(C)C)c(O)cc3C)=NN2C(C)=O)cc1O. The number of phenolic OH excluding ortho intramolecular Hbond substituents is 2. The highest BCUT2D eigenvalue weighted by Crippen LogP contribution is 2.36. The average Bonchev–Trinajstić information content (AvgIpc) is 3.13. The molecule has 1 unspecified atom stereocenters. The quantitative estimate of drug-likeness (QED) is 0.584. The van der Waals surface area contributed by atoms with Crippen LogP contribution in [0, 0.1) is 6.92 Å². The number of aromatic hydroxyl groups is 2. The van der Waals surface area contributed by atoms with Gasteiger partial charge in [-0.15, -0.1) is 0 Å². The van der Waals surface area contributed by atoms with Crippen LogP contribution in [-0.2, 0) is 9.59 Å². The molecule has 1 aliphatic heterocycles. The van der Waals surface area contributed by atoms with E-state index in [1.54, 1.807) is 30.3 Å². The van der Waals surface area contributed by atoms with E-state index in [-0.39, 0.29) is 35.7 Å². The molecule has 0 fully saturated rings. The van der Waals surface area contributed by atoms with Gasteiger partial charge in [-0.2, -0.15) is 5.10 Å². The van der Waals surface area contributed by atoms with Crippen molar-refractivity contribution in [2.45, 2.75) is 52.5 Å². The van der Waals surface area contributed by atoms with E-state index in [0.29, 0.717) is 29.1 Å². The summed E-state index contributed by atoms with van der Waals surface area (Å²) in [7, 11) is 1.46. The summed E-state index contributed by atoms with van der Waals surface area (Å²) in [6.07, 6.45) is 0.407. The van der Waals surface area contributed by atoms with E-state index in [9.17, 15) is 19.8 Å². The molecule has 3 N–H and O–H groups in total. The van der Waals surface area contributed by atoms with Gasteiger partial charge in [0.2, 0.25) is 11.8 Å². The lowest BCUT2D eigenvalue weighted by atomic mass is 9.98. The Morgan fingerprint density at radius 3 is 2.53 bits per heavy atom. The first kappa shape index (κ1) is 23.1. The Morgan fingerprint density at radius 1 is 1.22 bits per heavy atom. The second-order valence-electron chi connectivity index (χ2n) is 8.29. The lowest BCUT2D eigenvalue weighted by molar-refractivity contribution is -0.130. The molecule has 0 saturated carbocycles. The van der Waals surface area contributed by atoms with E-state index in [4.69, 9.17) is 4.74 Å². The number of nitrogens with zero attached hydrogens (tertiary/aromatic N) is 2. The number of hydrogen-bond donors (Lipinski definition) is 3. The molecule has 8 nitrogen and oxygen atoms in total. The summed E-state index contributed by atoms with van der Waals surface area (Å²) in [4.78, 5) is 24.9. The van der Waals surface area contributed by atoms with Crippen LogP contribution in [0.4, 0.5) is 5.69 Å². The molecule has 1 heterocycles. The van der Waals surface area contributed by atoms with Gasteiger partial charge >= 0.3 is 0 Å². The number of anilines is 1. The molecule has 0 radical (unpaired) electrons. The topological polar surface area (TPSA) is 111 Å². The molecule has 0 bridgehead atoms. The molecule has 2 aromatic carbocycles. The molecule has 0 aromatic heterocycles. The standard InChI is InChI=1S/C24H29N3O5/c1-13(2)18-12-19(14(3)8-21(18)29)25-24(31)11-17-10-20(27(26-17)15(4)28)16-6-7-23(32-5)22(30)9-16/h6-9,12-13,20,29-30H,10-11H2,1-5H3,(H,25,31). The van der Waals surface area contributed by atoms with Crippen molar-refractivity contribution in [3.05, 3.63) is 47.0 Å². The van der Waals surface area contributed by atoms with Gasteiger partial charge in [0, 0.05) is 19.0 Å². The molecular formula is C24H29N3O5. The Morgan fingerprint density at radius 2 is 1.94 bits per heavy atom. The zero-order valence-electron chi connectivity index (χ0n) is 19.0. The second-order valence-corrected chi connectivity index (χ2v) is 8.29. The van der Waals surface area contributed by atoms with Gasteiger partial charge in [-0.3, -0.25) is 9.59 Å². The minimum Gasteiger partial charge on any atom is -0.508 e. The lowest BCUT2D eigenvalue weighted by Gasteiger charge is -2.21. The number of benzene rings is 2. The Hall–Kier alpha value is -3.55. The van der Waals surface area contributed by atoms with E-state index in [2.05, 4.69) is 10.4 Å². The van der Waals surface area contributed by atoms with E-state index in [1.807, 2.05) is 20.8 Å². The van der Waals surface area contributed by atoms with Crippen LogP contribution >= 0.6 is 0 Å². The highest BCUT2D eigenvalue weighted by molar-refractivity contribution is 6.07. The molecule has 2 aromatic rings. The zero-order valence-corrected chi connectivity index (χ0v) is 19.0. The fourth-order valence-corrected chi connectivity index (χ4v) is 3.83. The predicted molar refractivity (Wildman–Crippen MR) is 122 cm³/mol. The number of methoxy groups -OCH3 is 1. The summed E-state index contributed by atoms with van der Waals surface area (Å²) in [5, 5.41) is 28.8. The van der Waals surface area contributed by atoms with Crippen LogP contribution in [0.2, 0.25) is 0 Å². The lowest BCUT2D eigenvalue weighted by Crippen LogP contribution is -2.24. The summed E-state index contributed by atoms with van der Waals surface area (Å²) in [5.41, 5.74) is 3.42. The van der Waals surface area contributed by atoms with Crippen LogP contribution in [-0.4, -0.2) is 39.9 Å². The number of carbonyl (C=O) groups is 2. The Bertz CT molecular complexity index is 1080. The molecular weight excluding hydrogens is 410 g/mol. The Balaban J connectivity index is 1.76. The van der Waals surface area contributed by atoms with Crippen molar-refractivity contribution < 1.29 is 24.5 Å². The first-order valence-corrected chi connectivity index (χ1v) is 10.5. The second kappa shape index (κ2) is 9.30. The van der Waals surface area contributed by atoms with Crippen molar-refractivity contribution >= 4 is 23.2 Å². The first-order valence-electron chi connectivity index (χ1n) is 10.5. The Kier molecular flexibility index (Phi) is 6.72. The van der Waals surface area contributed by atoms with Crippen LogP contribution in [0.15, 0.2) is 35.4 Å². The highest BCUT2D eigenvalue weighted by Gasteiger charge is 2.32.